The number of aromatic nitrogens is 5. The summed E-state index contributed by atoms with van der Waals surface area (Å²) in [6, 6.07) is 9.61. The molecule has 1 aliphatic rings. The van der Waals surface area contributed by atoms with E-state index in [1.807, 2.05) is 24.3 Å². The van der Waals surface area contributed by atoms with Crippen LogP contribution in [0.2, 0.25) is 0 Å². The lowest BCUT2D eigenvalue weighted by molar-refractivity contribution is 0.0769. The summed E-state index contributed by atoms with van der Waals surface area (Å²) < 4.78 is 25.2. The summed E-state index contributed by atoms with van der Waals surface area (Å²) in [5, 5.41) is 10.2. The first-order valence-corrected chi connectivity index (χ1v) is 13.7. The average molecular weight is 562 g/mol. The fourth-order valence-corrected chi connectivity index (χ4v) is 5.08. The lowest BCUT2D eigenvalue weighted by Crippen LogP contribution is -2.41. The van der Waals surface area contributed by atoms with E-state index in [9.17, 15) is 13.6 Å². The van der Waals surface area contributed by atoms with E-state index in [-0.39, 0.29) is 24.4 Å². The molecule has 1 unspecified atom stereocenters. The van der Waals surface area contributed by atoms with Gasteiger partial charge < -0.3 is 16.0 Å². The number of nitrogens with zero attached hydrogens (tertiary/aromatic N) is 6. The number of carbonyl (C=O) groups excluding carboxylic acids is 1. The van der Waals surface area contributed by atoms with E-state index in [0.29, 0.717) is 42.7 Å². The Morgan fingerprint density at radius 1 is 1.07 bits per heavy atom. The van der Waals surface area contributed by atoms with E-state index in [1.165, 1.54) is 6.33 Å². The third-order valence-electron chi connectivity index (χ3n) is 7.33. The van der Waals surface area contributed by atoms with Gasteiger partial charge in [-0.05, 0) is 24.5 Å². The minimum absolute atomic E-state index is 0.0838. The number of hydrogen-bond acceptors (Lipinski definition) is 9. The molecule has 10 nitrogen and oxygen atoms in total. The minimum Gasteiger partial charge on any atom is -0.369 e. The number of para-hydroxylation sites is 1. The molecular weight excluding hydrogens is 528 g/mol. The van der Waals surface area contributed by atoms with Crippen molar-refractivity contribution in [1.82, 2.24) is 35.1 Å². The van der Waals surface area contributed by atoms with Crippen LogP contribution >= 0.6 is 0 Å². The number of hydrogen-bond donors (Lipinski definition) is 3. The van der Waals surface area contributed by atoms with Gasteiger partial charge >= 0.3 is 0 Å². The standard InChI is InChI=1S/C29H33F2N9O/c1-18(21-4-3-5-22-23(28(41)32-2)6-9-33-27(21)22)13-34-26-12-24(37-17-38-26)19-14-35-29(36-15-19)39-20-7-10-40(11-8-20)16-25(30)31/h3-6,9,12,14-15,17-18,20,25H,7-8,10-11,13,16H2,1-2H3,(H,32,41)(H,34,37,38)(H,35,36,39). The normalized spacial score (nSPS) is 15.1. The Bertz CT molecular complexity index is 1480. The Morgan fingerprint density at radius 3 is 2.59 bits per heavy atom. The van der Waals surface area contributed by atoms with Gasteiger partial charge in [0.25, 0.3) is 12.3 Å². The number of benzene rings is 1. The molecule has 1 amide bonds. The number of likely N-dealkylation sites (tertiary alicyclic amines) is 1. The van der Waals surface area contributed by atoms with Gasteiger partial charge in [-0.15, -0.1) is 0 Å². The number of rotatable bonds is 10. The van der Waals surface area contributed by atoms with Crippen LogP contribution in [0.25, 0.3) is 22.2 Å². The molecule has 214 valence electrons. The molecule has 1 aromatic carbocycles. The molecular formula is C29H33F2N9O. The molecule has 0 aliphatic carbocycles. The number of halogens is 2. The number of amides is 1. The van der Waals surface area contributed by atoms with Crippen molar-refractivity contribution < 1.29 is 13.6 Å². The molecule has 3 N–H and O–H groups in total. The van der Waals surface area contributed by atoms with Crippen molar-refractivity contribution in [2.75, 3.05) is 43.9 Å². The van der Waals surface area contributed by atoms with E-state index < -0.39 is 6.43 Å². The Morgan fingerprint density at radius 2 is 1.85 bits per heavy atom. The van der Waals surface area contributed by atoms with Crippen LogP contribution in [-0.4, -0.2) is 81.4 Å². The van der Waals surface area contributed by atoms with Crippen LogP contribution in [0.5, 0.6) is 0 Å². The first-order chi connectivity index (χ1) is 19.9. The third-order valence-corrected chi connectivity index (χ3v) is 7.33. The number of nitrogens with one attached hydrogen (secondary N) is 3. The van der Waals surface area contributed by atoms with E-state index in [1.54, 1.807) is 36.6 Å². The van der Waals surface area contributed by atoms with Crippen molar-refractivity contribution in [3.63, 3.8) is 0 Å². The van der Waals surface area contributed by atoms with Crippen LogP contribution < -0.4 is 16.0 Å². The molecule has 3 aromatic heterocycles. The SMILES string of the molecule is CNC(=O)c1ccnc2c(C(C)CNc3cc(-c4cnc(NC5CCN(CC(F)F)CC5)nc4)ncn3)cccc12. The van der Waals surface area contributed by atoms with Crippen molar-refractivity contribution in [1.29, 1.82) is 0 Å². The maximum Gasteiger partial charge on any atom is 0.251 e. The zero-order valence-corrected chi connectivity index (χ0v) is 23.0. The average Bonchev–Trinajstić information content (AvgIpc) is 3.00. The number of fused-ring (bicyclic) bond motifs is 1. The van der Waals surface area contributed by atoms with Gasteiger partial charge in [0.2, 0.25) is 5.95 Å². The highest BCUT2D eigenvalue weighted by molar-refractivity contribution is 6.06. The van der Waals surface area contributed by atoms with Gasteiger partial charge in [0, 0.05) is 74.2 Å². The molecule has 4 aromatic rings. The summed E-state index contributed by atoms with van der Waals surface area (Å²) in [5.41, 5.74) is 3.87. The zero-order valence-electron chi connectivity index (χ0n) is 23.0. The van der Waals surface area contributed by atoms with Crippen LogP contribution in [0.15, 0.2) is 55.2 Å². The predicted octanol–water partition coefficient (Wildman–Crippen LogP) is 4.20. The van der Waals surface area contributed by atoms with Gasteiger partial charge in [0.1, 0.15) is 12.1 Å². The van der Waals surface area contributed by atoms with Crippen LogP contribution in [0.1, 0.15) is 41.6 Å². The highest BCUT2D eigenvalue weighted by Crippen LogP contribution is 2.27. The number of anilines is 2. The fourth-order valence-electron chi connectivity index (χ4n) is 5.08. The van der Waals surface area contributed by atoms with Crippen LogP contribution in [0.3, 0.4) is 0 Å². The van der Waals surface area contributed by atoms with E-state index >= 15 is 0 Å². The van der Waals surface area contributed by atoms with Crippen molar-refractivity contribution >= 4 is 28.6 Å². The van der Waals surface area contributed by atoms with Crippen molar-refractivity contribution in [3.05, 3.63) is 66.4 Å². The molecule has 1 aliphatic heterocycles. The first kappa shape index (κ1) is 28.2. The Labute approximate surface area is 237 Å². The second-order valence-corrected chi connectivity index (χ2v) is 10.2. The number of alkyl halides is 2. The maximum absolute atomic E-state index is 12.6. The van der Waals surface area contributed by atoms with Crippen molar-refractivity contribution in [3.8, 4) is 11.3 Å². The molecule has 1 fully saturated rings. The molecule has 0 saturated carbocycles. The van der Waals surface area contributed by atoms with Crippen LogP contribution in [-0.2, 0) is 0 Å². The van der Waals surface area contributed by atoms with Gasteiger partial charge in [-0.2, -0.15) is 0 Å². The molecule has 4 heterocycles. The smallest absolute Gasteiger partial charge is 0.251 e. The number of carbonyl (C=O) groups is 1. The Balaban J connectivity index is 1.20. The van der Waals surface area contributed by atoms with Crippen LogP contribution in [0.4, 0.5) is 20.5 Å². The quantitative estimate of drug-likeness (QED) is 0.262. The lowest BCUT2D eigenvalue weighted by Gasteiger charge is -2.31. The van der Waals surface area contributed by atoms with Gasteiger partial charge in [-0.25, -0.2) is 28.7 Å². The molecule has 0 spiro atoms. The Kier molecular flexibility index (Phi) is 8.88. The molecule has 1 atom stereocenters. The van der Waals surface area contributed by atoms with Gasteiger partial charge in [-0.1, -0.05) is 25.1 Å². The second-order valence-electron chi connectivity index (χ2n) is 10.2. The van der Waals surface area contributed by atoms with E-state index in [2.05, 4.69) is 47.8 Å². The molecule has 41 heavy (non-hydrogen) atoms. The highest BCUT2D eigenvalue weighted by atomic mass is 19.3. The monoisotopic (exact) mass is 561 g/mol. The molecule has 12 heteroatoms. The maximum atomic E-state index is 12.6. The predicted molar refractivity (Wildman–Crippen MR) is 154 cm³/mol. The van der Waals surface area contributed by atoms with Gasteiger partial charge in [0.15, 0.2) is 0 Å². The number of pyridine rings is 1. The summed E-state index contributed by atoms with van der Waals surface area (Å²) in [6.07, 6.45) is 5.81. The second kappa shape index (κ2) is 12.9. The summed E-state index contributed by atoms with van der Waals surface area (Å²) in [5.74, 6) is 1.11. The van der Waals surface area contributed by atoms with Crippen LogP contribution in [0, 0.1) is 0 Å². The van der Waals surface area contributed by atoms with Crippen molar-refractivity contribution in [2.24, 2.45) is 0 Å². The molecule has 0 radical (unpaired) electrons. The first-order valence-electron chi connectivity index (χ1n) is 13.7. The Hall–Kier alpha value is -4.32. The highest BCUT2D eigenvalue weighted by Gasteiger charge is 2.22. The van der Waals surface area contributed by atoms with Crippen molar-refractivity contribution in [2.45, 2.75) is 38.2 Å². The summed E-state index contributed by atoms with van der Waals surface area (Å²) in [7, 11) is 1.62. The molecule has 0 bridgehead atoms. The van der Waals surface area contributed by atoms with Gasteiger partial charge in [0.05, 0.1) is 23.3 Å². The minimum atomic E-state index is -2.30. The summed E-state index contributed by atoms with van der Waals surface area (Å²) >= 11 is 0. The summed E-state index contributed by atoms with van der Waals surface area (Å²) in [4.78, 5) is 36.3. The van der Waals surface area contributed by atoms with E-state index in [0.717, 1.165) is 34.9 Å². The summed E-state index contributed by atoms with van der Waals surface area (Å²) in [6.45, 7) is 3.77. The molecule has 1 saturated heterocycles. The van der Waals surface area contributed by atoms with E-state index in [4.69, 9.17) is 0 Å². The number of piperidine rings is 1. The zero-order chi connectivity index (χ0) is 28.8. The lowest BCUT2D eigenvalue weighted by atomic mass is 9.96. The fraction of sp³-hybridized carbons (Fsp3) is 0.379. The largest absolute Gasteiger partial charge is 0.369 e. The van der Waals surface area contributed by atoms with Gasteiger partial charge in [-0.3, -0.25) is 14.7 Å². The topological polar surface area (TPSA) is 121 Å². The third kappa shape index (κ3) is 6.88. The molecule has 5 rings (SSSR count).